The van der Waals surface area contributed by atoms with Gasteiger partial charge in [0.1, 0.15) is 0 Å². The second kappa shape index (κ2) is 6.50. The van der Waals surface area contributed by atoms with E-state index in [1.807, 2.05) is 13.1 Å². The smallest absolute Gasteiger partial charge is 0.0646 e. The molecule has 0 radical (unpaired) electrons. The van der Waals surface area contributed by atoms with Gasteiger partial charge in [0.2, 0.25) is 0 Å². The molecule has 1 N–H and O–H groups in total. The highest BCUT2D eigenvalue weighted by Gasteiger charge is 2.12. The van der Waals surface area contributed by atoms with Gasteiger partial charge in [0.15, 0.2) is 0 Å². The summed E-state index contributed by atoms with van der Waals surface area (Å²) in [5, 5.41) is 4.01. The zero-order valence-electron chi connectivity index (χ0n) is 13.4. The molecule has 2 rings (SSSR count). The van der Waals surface area contributed by atoms with E-state index in [0.29, 0.717) is 6.04 Å². The zero-order valence-corrected chi connectivity index (χ0v) is 14.1. The molecule has 0 saturated heterocycles. The summed E-state index contributed by atoms with van der Waals surface area (Å²) in [7, 11) is 4.01. The highest BCUT2D eigenvalue weighted by atomic mass is 35.5. The molecule has 1 atom stereocenters. The van der Waals surface area contributed by atoms with Crippen molar-refractivity contribution in [2.24, 2.45) is 0 Å². The molecule has 0 saturated carbocycles. The molecule has 0 aliphatic rings. The number of hydrogen-bond acceptors (Lipinski definition) is 2. The Kier molecular flexibility index (Phi) is 4.92. The summed E-state index contributed by atoms with van der Waals surface area (Å²) in [5.74, 6) is 0. The van der Waals surface area contributed by atoms with Crippen molar-refractivity contribution in [3.63, 3.8) is 0 Å². The first-order valence-corrected chi connectivity index (χ1v) is 7.59. The van der Waals surface area contributed by atoms with E-state index in [1.54, 1.807) is 0 Å². The van der Waals surface area contributed by atoms with Gasteiger partial charge in [0.05, 0.1) is 10.7 Å². The Morgan fingerprint density at radius 2 is 1.71 bits per heavy atom. The van der Waals surface area contributed by atoms with Gasteiger partial charge in [-0.05, 0) is 57.1 Å². The number of halogens is 1. The van der Waals surface area contributed by atoms with Gasteiger partial charge in [0, 0.05) is 18.8 Å². The Hall–Kier alpha value is -1.51. The summed E-state index contributed by atoms with van der Waals surface area (Å²) in [5.41, 5.74) is 5.92. The maximum Gasteiger partial charge on any atom is 0.0646 e. The summed E-state index contributed by atoms with van der Waals surface area (Å²) in [4.78, 5) is 2.14. The van der Waals surface area contributed by atoms with Gasteiger partial charge >= 0.3 is 0 Å². The van der Waals surface area contributed by atoms with Crippen LogP contribution in [0.1, 0.15) is 29.7 Å². The van der Waals surface area contributed by atoms with Crippen molar-refractivity contribution in [1.82, 2.24) is 5.32 Å². The van der Waals surface area contributed by atoms with Gasteiger partial charge < -0.3 is 10.2 Å². The summed E-state index contributed by atoms with van der Waals surface area (Å²) in [6.45, 7) is 6.36. The predicted octanol–water partition coefficient (Wildman–Crippen LogP) is 5.01. The lowest BCUT2D eigenvalue weighted by atomic mass is 10.1. The number of anilines is 2. The minimum absolute atomic E-state index is 0.294. The van der Waals surface area contributed by atoms with Crippen LogP contribution in [0.25, 0.3) is 0 Å². The fraction of sp³-hybridized carbons (Fsp3) is 0.333. The second-order valence-electron chi connectivity index (χ2n) is 5.57. The predicted molar refractivity (Wildman–Crippen MR) is 92.9 cm³/mol. The third-order valence-electron chi connectivity index (χ3n) is 3.98. The van der Waals surface area contributed by atoms with E-state index in [-0.39, 0.29) is 0 Å². The number of benzene rings is 2. The monoisotopic (exact) mass is 302 g/mol. The van der Waals surface area contributed by atoms with E-state index in [0.717, 1.165) is 10.7 Å². The summed E-state index contributed by atoms with van der Waals surface area (Å²) in [6, 6.07) is 13.0. The molecule has 0 aromatic heterocycles. The molecule has 3 heteroatoms. The molecule has 0 bridgehead atoms. The maximum absolute atomic E-state index is 6.49. The molecule has 1 unspecified atom stereocenters. The molecular formula is C18H23ClN2. The Labute approximate surface area is 132 Å². The Bertz CT molecular complexity index is 637. The standard InChI is InChI=1S/C18H23ClN2/c1-12-6-8-17(13(2)10-12)21(5)18-9-7-15(11-16(18)19)14(3)20-4/h6-11,14,20H,1-5H3. The zero-order chi connectivity index (χ0) is 15.6. The number of nitrogens with zero attached hydrogens (tertiary/aromatic N) is 1. The van der Waals surface area contributed by atoms with Crippen LogP contribution in [0.4, 0.5) is 11.4 Å². The van der Waals surface area contributed by atoms with Crippen molar-refractivity contribution in [1.29, 1.82) is 0 Å². The SMILES string of the molecule is CNC(C)c1ccc(N(C)c2ccc(C)cc2C)c(Cl)c1. The van der Waals surface area contributed by atoms with Crippen molar-refractivity contribution < 1.29 is 0 Å². The lowest BCUT2D eigenvalue weighted by Gasteiger charge is -2.24. The van der Waals surface area contributed by atoms with Crippen LogP contribution in [-0.2, 0) is 0 Å². The fourth-order valence-corrected chi connectivity index (χ4v) is 2.86. The van der Waals surface area contributed by atoms with Gasteiger partial charge in [-0.3, -0.25) is 0 Å². The molecule has 2 aromatic rings. The van der Waals surface area contributed by atoms with Crippen molar-refractivity contribution >= 4 is 23.0 Å². The maximum atomic E-state index is 6.49. The Balaban J connectivity index is 2.37. The molecule has 2 nitrogen and oxygen atoms in total. The lowest BCUT2D eigenvalue weighted by Crippen LogP contribution is -2.14. The largest absolute Gasteiger partial charge is 0.343 e. The molecule has 2 aromatic carbocycles. The summed E-state index contributed by atoms with van der Waals surface area (Å²) < 4.78 is 0. The van der Waals surface area contributed by atoms with Crippen molar-refractivity contribution in [2.45, 2.75) is 26.8 Å². The highest BCUT2D eigenvalue weighted by Crippen LogP contribution is 2.34. The first-order valence-electron chi connectivity index (χ1n) is 7.21. The molecule has 0 aliphatic heterocycles. The second-order valence-corrected chi connectivity index (χ2v) is 5.98. The van der Waals surface area contributed by atoms with E-state index >= 15 is 0 Å². The van der Waals surface area contributed by atoms with Gasteiger partial charge in [-0.2, -0.15) is 0 Å². The summed E-state index contributed by atoms with van der Waals surface area (Å²) >= 11 is 6.49. The molecule has 0 aliphatic carbocycles. The first kappa shape index (κ1) is 15.9. The number of hydrogen-bond donors (Lipinski definition) is 1. The minimum atomic E-state index is 0.294. The van der Waals surface area contributed by atoms with Crippen LogP contribution in [0.5, 0.6) is 0 Å². The first-order chi connectivity index (χ1) is 9.93. The normalized spacial score (nSPS) is 12.3. The van der Waals surface area contributed by atoms with Crippen LogP contribution < -0.4 is 10.2 Å². The topological polar surface area (TPSA) is 15.3 Å². The Morgan fingerprint density at radius 1 is 1.05 bits per heavy atom. The van der Waals surface area contributed by atoms with Crippen LogP contribution >= 0.6 is 11.6 Å². The lowest BCUT2D eigenvalue weighted by molar-refractivity contribution is 0.652. The molecular weight excluding hydrogens is 280 g/mol. The molecule has 0 heterocycles. The van der Waals surface area contributed by atoms with E-state index in [9.17, 15) is 0 Å². The number of aryl methyl sites for hydroxylation is 2. The highest BCUT2D eigenvalue weighted by molar-refractivity contribution is 6.33. The number of nitrogens with one attached hydrogen (secondary N) is 1. The van der Waals surface area contributed by atoms with E-state index in [1.165, 1.54) is 22.4 Å². The van der Waals surface area contributed by atoms with Crippen LogP contribution in [0.2, 0.25) is 5.02 Å². The van der Waals surface area contributed by atoms with Crippen molar-refractivity contribution in [2.75, 3.05) is 19.0 Å². The van der Waals surface area contributed by atoms with E-state index < -0.39 is 0 Å². The van der Waals surface area contributed by atoms with Gasteiger partial charge in [-0.15, -0.1) is 0 Å². The quantitative estimate of drug-likeness (QED) is 0.854. The third-order valence-corrected chi connectivity index (χ3v) is 4.28. The van der Waals surface area contributed by atoms with Crippen LogP contribution in [0, 0.1) is 13.8 Å². The van der Waals surface area contributed by atoms with Crippen molar-refractivity contribution in [3.05, 3.63) is 58.1 Å². The van der Waals surface area contributed by atoms with E-state index in [2.05, 4.69) is 68.4 Å². The third kappa shape index (κ3) is 3.39. The van der Waals surface area contributed by atoms with Crippen molar-refractivity contribution in [3.8, 4) is 0 Å². The average molecular weight is 303 g/mol. The van der Waals surface area contributed by atoms with Crippen LogP contribution in [0.3, 0.4) is 0 Å². The van der Waals surface area contributed by atoms with Gasteiger partial charge in [-0.1, -0.05) is 35.4 Å². The van der Waals surface area contributed by atoms with Crippen LogP contribution in [-0.4, -0.2) is 14.1 Å². The molecule has 0 spiro atoms. The van der Waals surface area contributed by atoms with Gasteiger partial charge in [-0.25, -0.2) is 0 Å². The fourth-order valence-electron chi connectivity index (χ4n) is 2.54. The minimum Gasteiger partial charge on any atom is -0.343 e. The summed E-state index contributed by atoms with van der Waals surface area (Å²) in [6.07, 6.45) is 0. The molecule has 0 fully saturated rings. The van der Waals surface area contributed by atoms with Crippen LogP contribution in [0.15, 0.2) is 36.4 Å². The Morgan fingerprint density at radius 3 is 2.29 bits per heavy atom. The number of rotatable bonds is 4. The van der Waals surface area contributed by atoms with Gasteiger partial charge in [0.25, 0.3) is 0 Å². The average Bonchev–Trinajstić information content (AvgIpc) is 2.45. The molecule has 0 amide bonds. The van der Waals surface area contributed by atoms with E-state index in [4.69, 9.17) is 11.6 Å². The molecule has 21 heavy (non-hydrogen) atoms. The molecule has 112 valence electrons.